The Morgan fingerprint density at radius 2 is 2.50 bits per heavy atom. The van der Waals surface area contributed by atoms with Gasteiger partial charge in [0.15, 0.2) is 0 Å². The second kappa shape index (κ2) is 6.10. The molecular weight excluding hydrogens is 232 g/mol. The Balaban J connectivity index is 1.99. The van der Waals surface area contributed by atoms with Crippen LogP contribution in [0.15, 0.2) is 18.3 Å². The zero-order valence-electron chi connectivity index (χ0n) is 9.93. The summed E-state index contributed by atoms with van der Waals surface area (Å²) in [5, 5.41) is 10.3. The van der Waals surface area contributed by atoms with E-state index in [2.05, 4.69) is 10.4 Å². The summed E-state index contributed by atoms with van der Waals surface area (Å²) in [5.41, 5.74) is 4.11. The number of amides is 1. The van der Waals surface area contributed by atoms with Crippen LogP contribution < -0.4 is 5.43 Å². The fourth-order valence-corrected chi connectivity index (χ4v) is 1.70. The van der Waals surface area contributed by atoms with Gasteiger partial charge in [-0.15, -0.1) is 0 Å². The number of hydrazine groups is 1. The zero-order valence-corrected chi connectivity index (χ0v) is 9.93. The predicted octanol–water partition coefficient (Wildman–Crippen LogP) is -0.141. The number of nitriles is 1. The normalized spacial score (nSPS) is 15.8. The first kappa shape index (κ1) is 12.5. The third kappa shape index (κ3) is 3.26. The molecule has 1 fully saturated rings. The summed E-state index contributed by atoms with van der Waals surface area (Å²) in [7, 11) is 0. The van der Waals surface area contributed by atoms with Crippen LogP contribution in [0.3, 0.4) is 0 Å². The molecule has 0 unspecified atom stereocenters. The minimum atomic E-state index is -0.0666. The van der Waals surface area contributed by atoms with Crippen molar-refractivity contribution in [1.29, 1.82) is 5.26 Å². The maximum absolute atomic E-state index is 12.0. The Morgan fingerprint density at radius 1 is 1.61 bits per heavy atom. The Hall–Kier alpha value is -1.97. The summed E-state index contributed by atoms with van der Waals surface area (Å²) >= 11 is 0. The topological polar surface area (TPSA) is 78.2 Å². The highest BCUT2D eigenvalue weighted by Crippen LogP contribution is 2.03. The van der Waals surface area contributed by atoms with Gasteiger partial charge < -0.3 is 4.74 Å². The van der Waals surface area contributed by atoms with Crippen molar-refractivity contribution in [3.8, 4) is 6.07 Å². The molecule has 0 aliphatic carbocycles. The van der Waals surface area contributed by atoms with Crippen LogP contribution >= 0.6 is 0 Å². The van der Waals surface area contributed by atoms with Crippen LogP contribution in [0.25, 0.3) is 0 Å². The molecule has 6 nitrogen and oxygen atoms in total. The van der Waals surface area contributed by atoms with Gasteiger partial charge in [0.05, 0.1) is 43.5 Å². The SMILES string of the molecule is N#Cc1ccnc(CC(=O)N2CCOCCN2)c1. The van der Waals surface area contributed by atoms with E-state index in [0.29, 0.717) is 37.6 Å². The molecular formula is C12H14N4O2. The Morgan fingerprint density at radius 3 is 3.33 bits per heavy atom. The van der Waals surface area contributed by atoms with E-state index in [0.717, 1.165) is 0 Å². The van der Waals surface area contributed by atoms with Gasteiger partial charge in [0.2, 0.25) is 5.91 Å². The van der Waals surface area contributed by atoms with Gasteiger partial charge in [0.1, 0.15) is 0 Å². The van der Waals surface area contributed by atoms with Gasteiger partial charge in [-0.25, -0.2) is 5.43 Å². The fourth-order valence-electron chi connectivity index (χ4n) is 1.70. The Labute approximate surface area is 105 Å². The van der Waals surface area contributed by atoms with Crippen molar-refractivity contribution in [1.82, 2.24) is 15.4 Å². The van der Waals surface area contributed by atoms with Crippen LogP contribution in [0.5, 0.6) is 0 Å². The molecule has 0 saturated carbocycles. The Kier molecular flexibility index (Phi) is 4.23. The average molecular weight is 246 g/mol. The van der Waals surface area contributed by atoms with Crippen molar-refractivity contribution < 1.29 is 9.53 Å². The predicted molar refractivity (Wildman–Crippen MR) is 63.2 cm³/mol. The average Bonchev–Trinajstić information content (AvgIpc) is 2.68. The molecule has 2 heterocycles. The van der Waals surface area contributed by atoms with Crippen LogP contribution in [0.2, 0.25) is 0 Å². The molecule has 0 radical (unpaired) electrons. The van der Waals surface area contributed by atoms with Crippen molar-refractivity contribution in [2.24, 2.45) is 0 Å². The van der Waals surface area contributed by atoms with Gasteiger partial charge in [-0.3, -0.25) is 14.8 Å². The summed E-state index contributed by atoms with van der Waals surface area (Å²) in [6.07, 6.45) is 1.72. The fraction of sp³-hybridized carbons (Fsp3) is 0.417. The Bertz CT molecular complexity index is 461. The molecule has 1 aromatic heterocycles. The highest BCUT2D eigenvalue weighted by molar-refractivity contribution is 5.78. The van der Waals surface area contributed by atoms with E-state index in [1.54, 1.807) is 23.3 Å². The minimum Gasteiger partial charge on any atom is -0.378 e. The molecule has 94 valence electrons. The van der Waals surface area contributed by atoms with Gasteiger partial charge in [-0.1, -0.05) is 0 Å². The van der Waals surface area contributed by atoms with Crippen LogP contribution in [0.4, 0.5) is 0 Å². The van der Waals surface area contributed by atoms with Crippen molar-refractivity contribution in [3.63, 3.8) is 0 Å². The molecule has 2 rings (SSSR count). The van der Waals surface area contributed by atoms with Crippen LogP contribution in [0, 0.1) is 11.3 Å². The van der Waals surface area contributed by atoms with E-state index in [1.807, 2.05) is 6.07 Å². The first-order chi connectivity index (χ1) is 8.79. The molecule has 18 heavy (non-hydrogen) atoms. The van der Waals surface area contributed by atoms with E-state index in [1.165, 1.54) is 0 Å². The maximum Gasteiger partial charge on any atom is 0.242 e. The van der Waals surface area contributed by atoms with Gasteiger partial charge in [-0.05, 0) is 12.1 Å². The summed E-state index contributed by atoms with van der Waals surface area (Å²) in [6.45, 7) is 2.28. The standard InChI is InChI=1S/C12H14N4O2/c13-9-10-1-2-14-11(7-10)8-12(17)16-4-6-18-5-3-15-16/h1-2,7,15H,3-6,8H2. The first-order valence-corrected chi connectivity index (χ1v) is 5.76. The quantitative estimate of drug-likeness (QED) is 0.785. The first-order valence-electron chi connectivity index (χ1n) is 5.76. The minimum absolute atomic E-state index is 0.0666. The van der Waals surface area contributed by atoms with Crippen molar-refractivity contribution in [3.05, 3.63) is 29.6 Å². The summed E-state index contributed by atoms with van der Waals surface area (Å²) in [5.74, 6) is -0.0666. The van der Waals surface area contributed by atoms with Gasteiger partial charge in [0, 0.05) is 12.7 Å². The van der Waals surface area contributed by atoms with E-state index in [9.17, 15) is 4.79 Å². The monoisotopic (exact) mass is 246 g/mol. The van der Waals surface area contributed by atoms with Crippen LogP contribution in [-0.2, 0) is 16.0 Å². The molecule has 1 N–H and O–H groups in total. The molecule has 1 amide bonds. The van der Waals surface area contributed by atoms with Crippen molar-refractivity contribution >= 4 is 5.91 Å². The molecule has 0 aromatic carbocycles. The molecule has 1 aromatic rings. The van der Waals surface area contributed by atoms with E-state index in [4.69, 9.17) is 10.00 Å². The summed E-state index contributed by atoms with van der Waals surface area (Å²) < 4.78 is 5.25. The molecule has 6 heteroatoms. The highest BCUT2D eigenvalue weighted by Gasteiger charge is 2.16. The number of hydrogen-bond donors (Lipinski definition) is 1. The number of carbonyl (C=O) groups is 1. The number of nitrogens with one attached hydrogen (secondary N) is 1. The van der Waals surface area contributed by atoms with Crippen molar-refractivity contribution in [2.75, 3.05) is 26.3 Å². The molecule has 0 atom stereocenters. The number of hydrogen-bond acceptors (Lipinski definition) is 5. The molecule has 1 saturated heterocycles. The van der Waals surface area contributed by atoms with Gasteiger partial charge in [-0.2, -0.15) is 5.26 Å². The van der Waals surface area contributed by atoms with Gasteiger partial charge in [0.25, 0.3) is 0 Å². The highest BCUT2D eigenvalue weighted by atomic mass is 16.5. The lowest BCUT2D eigenvalue weighted by atomic mass is 10.2. The lowest BCUT2D eigenvalue weighted by Gasteiger charge is -2.19. The molecule has 1 aliphatic heterocycles. The third-order valence-corrected chi connectivity index (χ3v) is 2.59. The van der Waals surface area contributed by atoms with Crippen LogP contribution in [-0.4, -0.2) is 42.2 Å². The lowest BCUT2D eigenvalue weighted by molar-refractivity contribution is -0.133. The van der Waals surface area contributed by atoms with Crippen molar-refractivity contribution in [2.45, 2.75) is 6.42 Å². The largest absolute Gasteiger partial charge is 0.378 e. The van der Waals surface area contributed by atoms with Gasteiger partial charge >= 0.3 is 0 Å². The number of pyridine rings is 1. The number of nitrogens with zero attached hydrogens (tertiary/aromatic N) is 3. The number of aromatic nitrogens is 1. The van der Waals surface area contributed by atoms with E-state index < -0.39 is 0 Å². The molecule has 1 aliphatic rings. The number of carbonyl (C=O) groups excluding carboxylic acids is 1. The summed E-state index contributed by atoms with van der Waals surface area (Å²) in [4.78, 5) is 16.1. The van der Waals surface area contributed by atoms with E-state index >= 15 is 0 Å². The number of rotatable bonds is 2. The second-order valence-corrected chi connectivity index (χ2v) is 3.89. The second-order valence-electron chi connectivity index (χ2n) is 3.89. The third-order valence-electron chi connectivity index (χ3n) is 2.59. The smallest absolute Gasteiger partial charge is 0.242 e. The lowest BCUT2D eigenvalue weighted by Crippen LogP contribution is -2.44. The maximum atomic E-state index is 12.0. The zero-order chi connectivity index (χ0) is 12.8. The van der Waals surface area contributed by atoms with Crippen LogP contribution in [0.1, 0.15) is 11.3 Å². The molecule has 0 bridgehead atoms. The number of ether oxygens (including phenoxy) is 1. The van der Waals surface area contributed by atoms with E-state index in [-0.39, 0.29) is 12.3 Å². The molecule has 0 spiro atoms. The summed E-state index contributed by atoms with van der Waals surface area (Å²) in [6, 6.07) is 5.28.